The molecule has 2 N–H and O–H groups in total. The quantitative estimate of drug-likeness (QED) is 0.822. The van der Waals surface area contributed by atoms with E-state index in [9.17, 15) is 4.79 Å². The molecule has 1 aromatic heterocycles. The number of halogens is 2. The van der Waals surface area contributed by atoms with Crippen LogP contribution in [0.5, 0.6) is 0 Å². The molecule has 3 rings (SSSR count). The maximum Gasteiger partial charge on any atom is 0.265 e. The van der Waals surface area contributed by atoms with Gasteiger partial charge in [0.25, 0.3) is 5.91 Å². The van der Waals surface area contributed by atoms with Gasteiger partial charge in [-0.05, 0) is 23.8 Å². The van der Waals surface area contributed by atoms with Crippen LogP contribution in [0.25, 0.3) is 11.4 Å². The maximum atomic E-state index is 12.3. The summed E-state index contributed by atoms with van der Waals surface area (Å²) >= 11 is 12.1. The Bertz CT molecular complexity index is 830. The van der Waals surface area contributed by atoms with Gasteiger partial charge in [-0.25, -0.2) is 9.97 Å². The minimum absolute atomic E-state index is 0.0422. The third-order valence-corrected chi connectivity index (χ3v) is 4.15. The number of nitrogens with zero attached hydrogens (tertiary/aromatic N) is 4. The number of amides is 1. The Morgan fingerprint density at radius 2 is 2.16 bits per heavy atom. The summed E-state index contributed by atoms with van der Waals surface area (Å²) in [5, 5.41) is 0.438. The number of rotatable bonds is 3. The lowest BCUT2D eigenvalue weighted by atomic mass is 10.0. The van der Waals surface area contributed by atoms with Crippen molar-refractivity contribution in [3.8, 4) is 11.4 Å². The van der Waals surface area contributed by atoms with Crippen molar-refractivity contribution in [2.24, 2.45) is 0 Å². The van der Waals surface area contributed by atoms with Gasteiger partial charge in [0.2, 0.25) is 5.95 Å². The molecule has 1 aromatic carbocycles. The summed E-state index contributed by atoms with van der Waals surface area (Å²) in [4.78, 5) is 25.9. The van der Waals surface area contributed by atoms with Gasteiger partial charge in [0.05, 0.1) is 24.3 Å². The molecule has 1 saturated heterocycles. The predicted octanol–water partition coefficient (Wildman–Crippen LogP) is 2.43. The van der Waals surface area contributed by atoms with Gasteiger partial charge in [-0.2, -0.15) is 4.98 Å². The van der Waals surface area contributed by atoms with Crippen molar-refractivity contribution in [2.75, 3.05) is 25.5 Å². The van der Waals surface area contributed by atoms with E-state index in [4.69, 9.17) is 33.7 Å². The van der Waals surface area contributed by atoms with Gasteiger partial charge in [0, 0.05) is 17.1 Å². The Hall–Kier alpha value is -2.22. The van der Waals surface area contributed by atoms with Crippen LogP contribution >= 0.6 is 23.2 Å². The number of ether oxygens (including phenoxy) is 1. The third kappa shape index (κ3) is 3.89. The lowest BCUT2D eigenvalue weighted by Gasteiger charge is -2.36. The summed E-state index contributed by atoms with van der Waals surface area (Å²) in [6.07, 6.45) is 1.33. The molecule has 1 aliphatic heterocycles. The van der Waals surface area contributed by atoms with Crippen LogP contribution in [-0.2, 0) is 9.53 Å². The Morgan fingerprint density at radius 3 is 2.88 bits per heavy atom. The first-order valence-electron chi connectivity index (χ1n) is 7.44. The molecule has 0 saturated carbocycles. The van der Waals surface area contributed by atoms with Gasteiger partial charge >= 0.3 is 0 Å². The van der Waals surface area contributed by atoms with E-state index >= 15 is 0 Å². The summed E-state index contributed by atoms with van der Waals surface area (Å²) in [5.74, 6) is 0.177. The van der Waals surface area contributed by atoms with Gasteiger partial charge in [0.1, 0.15) is 6.33 Å². The lowest BCUT2D eigenvalue weighted by Crippen LogP contribution is -2.43. The van der Waals surface area contributed by atoms with E-state index in [1.165, 1.54) is 6.33 Å². The van der Waals surface area contributed by atoms with Crippen molar-refractivity contribution in [3.63, 3.8) is 0 Å². The van der Waals surface area contributed by atoms with Crippen LogP contribution in [0.4, 0.5) is 5.95 Å². The monoisotopic (exact) mass is 379 g/mol. The molecule has 1 atom stereocenters. The Morgan fingerprint density at radius 1 is 1.36 bits per heavy atom. The van der Waals surface area contributed by atoms with Crippen molar-refractivity contribution in [1.29, 1.82) is 0 Å². The zero-order valence-corrected chi connectivity index (χ0v) is 14.7. The minimum Gasteiger partial charge on any atom is -0.377 e. The maximum absolute atomic E-state index is 12.3. The van der Waals surface area contributed by atoms with Crippen molar-refractivity contribution in [2.45, 2.75) is 6.04 Å². The Labute approximate surface area is 154 Å². The molecule has 0 spiro atoms. The average molecular weight is 380 g/mol. The lowest BCUT2D eigenvalue weighted by molar-refractivity contribution is -0.135. The molecule has 2 aromatic rings. The molecule has 1 aliphatic rings. The highest BCUT2D eigenvalue weighted by Gasteiger charge is 2.30. The van der Waals surface area contributed by atoms with Crippen LogP contribution in [0.3, 0.4) is 0 Å². The zero-order chi connectivity index (χ0) is 18.0. The van der Waals surface area contributed by atoms with E-state index in [-0.39, 0.29) is 22.9 Å². The van der Waals surface area contributed by atoms with Gasteiger partial charge in [-0.15, -0.1) is 0 Å². The fraction of sp³-hybridized carbons (Fsp3) is 0.250. The van der Waals surface area contributed by atoms with E-state index < -0.39 is 0 Å². The van der Waals surface area contributed by atoms with Crippen LogP contribution in [0.2, 0.25) is 5.02 Å². The number of nitrogens with two attached hydrogens (primary N) is 1. The molecular weight excluding hydrogens is 365 g/mol. The molecule has 0 radical (unpaired) electrons. The second-order valence-corrected chi connectivity index (χ2v) is 6.33. The minimum atomic E-state index is -0.339. The number of anilines is 1. The second kappa shape index (κ2) is 7.35. The first kappa shape index (κ1) is 17.6. The van der Waals surface area contributed by atoms with Crippen LogP contribution < -0.4 is 5.73 Å². The van der Waals surface area contributed by atoms with Gasteiger partial charge in [0.15, 0.2) is 5.82 Å². The van der Waals surface area contributed by atoms with Crippen LogP contribution in [-0.4, -0.2) is 45.5 Å². The van der Waals surface area contributed by atoms with Crippen molar-refractivity contribution in [3.05, 3.63) is 46.7 Å². The fourth-order valence-electron chi connectivity index (χ4n) is 2.66. The van der Waals surface area contributed by atoms with Crippen molar-refractivity contribution in [1.82, 2.24) is 19.9 Å². The average Bonchev–Trinajstić information content (AvgIpc) is 2.60. The highest BCUT2D eigenvalue weighted by molar-refractivity contribution is 6.41. The highest BCUT2D eigenvalue weighted by Crippen LogP contribution is 2.31. The Kier molecular flexibility index (Phi) is 5.17. The number of morpholine rings is 1. The molecular formula is C16H15Cl2N5O2. The highest BCUT2D eigenvalue weighted by atomic mass is 35.5. The molecule has 9 heteroatoms. The fourth-order valence-corrected chi connectivity index (χ4v) is 3.01. The number of carbonyl (C=O) groups excluding carboxylic acids is 1. The molecule has 130 valence electrons. The predicted molar refractivity (Wildman–Crippen MR) is 95.0 cm³/mol. The standard InChI is InChI=1S/C16H15Cl2N5O2/c1-9(17)15(24)23-2-3-25-7-13(23)10-4-11(6-12(18)5-10)14-20-8-21-16(19)22-14/h4-6,8,13H,1-3,7H2,(H2,19,20,21,22)/t13-/m0/s1. The zero-order valence-electron chi connectivity index (χ0n) is 13.2. The van der Waals surface area contributed by atoms with Crippen LogP contribution in [0.15, 0.2) is 36.1 Å². The van der Waals surface area contributed by atoms with E-state index in [0.29, 0.717) is 36.2 Å². The summed E-state index contributed by atoms with van der Waals surface area (Å²) < 4.78 is 5.53. The first-order chi connectivity index (χ1) is 12.0. The van der Waals surface area contributed by atoms with E-state index in [2.05, 4.69) is 21.5 Å². The SMILES string of the molecule is C=C(Cl)C(=O)N1CCOC[C@H]1c1cc(Cl)cc(-c2ncnc(N)n2)c1. The molecule has 7 nitrogen and oxygen atoms in total. The van der Waals surface area contributed by atoms with Gasteiger partial charge in [-0.1, -0.05) is 29.8 Å². The van der Waals surface area contributed by atoms with Gasteiger partial charge < -0.3 is 15.4 Å². The normalized spacial score (nSPS) is 17.4. The number of hydrogen-bond donors (Lipinski definition) is 1. The number of benzene rings is 1. The summed E-state index contributed by atoms with van der Waals surface area (Å²) in [6, 6.07) is 4.99. The number of hydrogen-bond acceptors (Lipinski definition) is 6. The first-order valence-corrected chi connectivity index (χ1v) is 8.20. The number of aromatic nitrogens is 3. The molecule has 0 aliphatic carbocycles. The van der Waals surface area contributed by atoms with E-state index in [0.717, 1.165) is 5.56 Å². The van der Waals surface area contributed by atoms with Crippen LogP contribution in [0, 0.1) is 0 Å². The molecule has 2 heterocycles. The van der Waals surface area contributed by atoms with Gasteiger partial charge in [-0.3, -0.25) is 4.79 Å². The summed E-state index contributed by atoms with van der Waals surface area (Å²) in [6.45, 7) is 4.69. The number of carbonyl (C=O) groups is 1. The molecule has 0 bridgehead atoms. The third-order valence-electron chi connectivity index (χ3n) is 3.77. The largest absolute Gasteiger partial charge is 0.377 e. The molecule has 1 amide bonds. The molecule has 0 unspecified atom stereocenters. The van der Waals surface area contributed by atoms with Crippen LogP contribution in [0.1, 0.15) is 11.6 Å². The smallest absolute Gasteiger partial charge is 0.265 e. The second-order valence-electron chi connectivity index (χ2n) is 5.43. The molecule has 1 fully saturated rings. The number of nitrogen functional groups attached to an aromatic ring is 1. The Balaban J connectivity index is 2.01. The van der Waals surface area contributed by atoms with E-state index in [1.54, 1.807) is 17.0 Å². The summed E-state index contributed by atoms with van der Waals surface area (Å²) in [7, 11) is 0. The van der Waals surface area contributed by atoms with E-state index in [1.807, 2.05) is 6.07 Å². The summed E-state index contributed by atoms with van der Waals surface area (Å²) in [5.41, 5.74) is 7.07. The topological polar surface area (TPSA) is 94.2 Å². The van der Waals surface area contributed by atoms with Crippen molar-refractivity contribution < 1.29 is 9.53 Å². The molecule has 25 heavy (non-hydrogen) atoms. The van der Waals surface area contributed by atoms with Crippen molar-refractivity contribution >= 4 is 35.1 Å².